The van der Waals surface area contributed by atoms with E-state index in [1.165, 1.54) is 11.3 Å². The summed E-state index contributed by atoms with van der Waals surface area (Å²) >= 11 is 1.54. The van der Waals surface area contributed by atoms with Crippen molar-refractivity contribution in [1.82, 2.24) is 10.3 Å². The molecule has 0 aliphatic heterocycles. The molecule has 1 heterocycles. The van der Waals surface area contributed by atoms with Crippen molar-refractivity contribution in [1.29, 1.82) is 0 Å². The molecule has 0 fully saturated rings. The van der Waals surface area contributed by atoms with Gasteiger partial charge in [-0.05, 0) is 13.8 Å². The summed E-state index contributed by atoms with van der Waals surface area (Å²) in [4.78, 5) is 15.3. The van der Waals surface area contributed by atoms with Gasteiger partial charge in [0, 0.05) is 11.1 Å². The Balaban J connectivity index is 2.39. The van der Waals surface area contributed by atoms with Gasteiger partial charge in [-0.25, -0.2) is 4.98 Å². The van der Waals surface area contributed by atoms with Crippen LogP contribution in [-0.2, 0) is 11.3 Å². The second-order valence-electron chi connectivity index (χ2n) is 2.89. The first kappa shape index (κ1) is 10.1. The number of thiazole rings is 1. The van der Waals surface area contributed by atoms with Crippen molar-refractivity contribution in [3.63, 3.8) is 0 Å². The van der Waals surface area contributed by atoms with E-state index >= 15 is 0 Å². The van der Waals surface area contributed by atoms with Crippen LogP contribution in [0.5, 0.6) is 0 Å². The molecule has 1 aromatic heterocycles. The highest BCUT2D eigenvalue weighted by Crippen LogP contribution is 2.07. The van der Waals surface area contributed by atoms with Crippen molar-refractivity contribution >= 4 is 17.2 Å². The Kier molecular flexibility index (Phi) is 3.39. The van der Waals surface area contributed by atoms with Gasteiger partial charge in [0.15, 0.2) is 0 Å². The maximum absolute atomic E-state index is 11.1. The SMILES string of the molecule is Cc1csc(CNC(=O)[C@H](C)N)n1. The first-order chi connectivity index (χ1) is 6.09. The smallest absolute Gasteiger partial charge is 0.236 e. The highest BCUT2D eigenvalue weighted by Gasteiger charge is 2.07. The molecule has 0 saturated carbocycles. The number of nitrogens with zero attached hydrogens (tertiary/aromatic N) is 1. The highest BCUT2D eigenvalue weighted by molar-refractivity contribution is 7.09. The van der Waals surface area contributed by atoms with Crippen molar-refractivity contribution in [2.75, 3.05) is 0 Å². The molecule has 72 valence electrons. The lowest BCUT2D eigenvalue weighted by molar-refractivity contribution is -0.122. The molecule has 0 aliphatic rings. The number of hydrogen-bond acceptors (Lipinski definition) is 4. The molecule has 13 heavy (non-hydrogen) atoms. The third kappa shape index (κ3) is 3.12. The van der Waals surface area contributed by atoms with Crippen LogP contribution in [-0.4, -0.2) is 16.9 Å². The van der Waals surface area contributed by atoms with Crippen LogP contribution in [0.2, 0.25) is 0 Å². The lowest BCUT2D eigenvalue weighted by Gasteiger charge is -2.04. The van der Waals surface area contributed by atoms with E-state index in [0.29, 0.717) is 6.54 Å². The van der Waals surface area contributed by atoms with Crippen molar-refractivity contribution in [3.8, 4) is 0 Å². The summed E-state index contributed by atoms with van der Waals surface area (Å²) in [6.45, 7) is 4.05. The minimum atomic E-state index is -0.457. The highest BCUT2D eigenvalue weighted by atomic mass is 32.1. The summed E-state index contributed by atoms with van der Waals surface area (Å²) in [6.07, 6.45) is 0. The quantitative estimate of drug-likeness (QED) is 0.741. The molecule has 0 radical (unpaired) electrons. The summed E-state index contributed by atoms with van der Waals surface area (Å²) in [6, 6.07) is -0.457. The van der Waals surface area contributed by atoms with Crippen molar-refractivity contribution in [3.05, 3.63) is 16.1 Å². The van der Waals surface area contributed by atoms with Gasteiger partial charge in [-0.2, -0.15) is 0 Å². The molecule has 5 heteroatoms. The van der Waals surface area contributed by atoms with Crippen LogP contribution in [0, 0.1) is 6.92 Å². The molecule has 3 N–H and O–H groups in total. The first-order valence-electron chi connectivity index (χ1n) is 4.04. The molecule has 0 spiro atoms. The topological polar surface area (TPSA) is 68.0 Å². The fraction of sp³-hybridized carbons (Fsp3) is 0.500. The normalized spacial score (nSPS) is 12.5. The number of carbonyl (C=O) groups excluding carboxylic acids is 1. The lowest BCUT2D eigenvalue weighted by atomic mass is 10.3. The Hall–Kier alpha value is -0.940. The molecule has 1 aromatic rings. The fourth-order valence-corrected chi connectivity index (χ4v) is 1.52. The van der Waals surface area contributed by atoms with Gasteiger partial charge in [0.2, 0.25) is 5.91 Å². The van der Waals surface area contributed by atoms with E-state index in [1.54, 1.807) is 6.92 Å². The zero-order chi connectivity index (χ0) is 9.84. The Morgan fingerprint density at radius 1 is 1.85 bits per heavy atom. The van der Waals surface area contributed by atoms with Crippen molar-refractivity contribution in [2.24, 2.45) is 5.73 Å². The van der Waals surface area contributed by atoms with Gasteiger partial charge in [-0.3, -0.25) is 4.79 Å². The summed E-state index contributed by atoms with van der Waals surface area (Å²) in [5, 5.41) is 5.56. The van der Waals surface area contributed by atoms with Crippen LogP contribution in [0.3, 0.4) is 0 Å². The predicted molar refractivity (Wildman–Crippen MR) is 52.3 cm³/mol. The Labute approximate surface area is 81.2 Å². The molecule has 1 rings (SSSR count). The number of carbonyl (C=O) groups is 1. The minimum absolute atomic E-state index is 0.146. The van der Waals surface area contributed by atoms with E-state index < -0.39 is 6.04 Å². The van der Waals surface area contributed by atoms with Crippen LogP contribution in [0.4, 0.5) is 0 Å². The number of aryl methyl sites for hydroxylation is 1. The van der Waals surface area contributed by atoms with Gasteiger partial charge in [-0.1, -0.05) is 0 Å². The molecule has 0 saturated heterocycles. The van der Waals surface area contributed by atoms with Crippen molar-refractivity contribution < 1.29 is 4.79 Å². The van der Waals surface area contributed by atoms with Gasteiger partial charge in [0.1, 0.15) is 5.01 Å². The molecular formula is C8H13N3OS. The Morgan fingerprint density at radius 3 is 3.00 bits per heavy atom. The van der Waals surface area contributed by atoms with Crippen LogP contribution in [0.15, 0.2) is 5.38 Å². The van der Waals surface area contributed by atoms with Gasteiger partial charge < -0.3 is 11.1 Å². The molecular weight excluding hydrogens is 186 g/mol. The van der Waals surface area contributed by atoms with Gasteiger partial charge in [0.25, 0.3) is 0 Å². The summed E-state index contributed by atoms with van der Waals surface area (Å²) in [7, 11) is 0. The largest absolute Gasteiger partial charge is 0.348 e. The van der Waals surface area contributed by atoms with Crippen LogP contribution in [0.25, 0.3) is 0 Å². The molecule has 4 nitrogen and oxygen atoms in total. The number of hydrogen-bond donors (Lipinski definition) is 2. The van der Waals surface area contributed by atoms with Gasteiger partial charge in [-0.15, -0.1) is 11.3 Å². The molecule has 1 amide bonds. The van der Waals surface area contributed by atoms with E-state index in [-0.39, 0.29) is 5.91 Å². The molecule has 1 atom stereocenters. The third-order valence-corrected chi connectivity index (χ3v) is 2.46. The summed E-state index contributed by atoms with van der Waals surface area (Å²) in [5.41, 5.74) is 6.36. The average molecular weight is 199 g/mol. The fourth-order valence-electron chi connectivity index (χ4n) is 0.808. The zero-order valence-corrected chi connectivity index (χ0v) is 8.52. The minimum Gasteiger partial charge on any atom is -0.348 e. The standard InChI is InChI=1S/C8H13N3OS/c1-5-4-13-7(11-5)3-10-8(12)6(2)9/h4,6H,3,9H2,1-2H3,(H,10,12)/t6-/m0/s1. The van der Waals surface area contributed by atoms with Crippen LogP contribution in [0.1, 0.15) is 17.6 Å². The Bertz CT molecular complexity index is 295. The maximum Gasteiger partial charge on any atom is 0.236 e. The third-order valence-electron chi connectivity index (χ3n) is 1.49. The molecule has 0 bridgehead atoms. The second kappa shape index (κ2) is 4.34. The van der Waals surface area contributed by atoms with Crippen molar-refractivity contribution in [2.45, 2.75) is 26.4 Å². The van der Waals surface area contributed by atoms with E-state index in [1.807, 2.05) is 12.3 Å². The lowest BCUT2D eigenvalue weighted by Crippen LogP contribution is -2.37. The van der Waals surface area contributed by atoms with Gasteiger partial charge >= 0.3 is 0 Å². The number of aromatic nitrogens is 1. The van der Waals surface area contributed by atoms with E-state index in [2.05, 4.69) is 10.3 Å². The number of nitrogens with two attached hydrogens (primary N) is 1. The monoisotopic (exact) mass is 199 g/mol. The first-order valence-corrected chi connectivity index (χ1v) is 4.92. The predicted octanol–water partition coefficient (Wildman–Crippen LogP) is 0.415. The average Bonchev–Trinajstić information content (AvgIpc) is 2.47. The number of nitrogens with one attached hydrogen (secondary N) is 1. The van der Waals surface area contributed by atoms with E-state index in [9.17, 15) is 4.79 Å². The molecule has 0 aromatic carbocycles. The van der Waals surface area contributed by atoms with E-state index in [4.69, 9.17) is 5.73 Å². The molecule has 0 unspecified atom stereocenters. The van der Waals surface area contributed by atoms with Crippen LogP contribution < -0.4 is 11.1 Å². The Morgan fingerprint density at radius 2 is 2.54 bits per heavy atom. The van der Waals surface area contributed by atoms with Crippen LogP contribution >= 0.6 is 11.3 Å². The number of amides is 1. The van der Waals surface area contributed by atoms with E-state index in [0.717, 1.165) is 10.7 Å². The molecule has 0 aliphatic carbocycles. The zero-order valence-electron chi connectivity index (χ0n) is 7.70. The number of rotatable bonds is 3. The summed E-state index contributed by atoms with van der Waals surface area (Å²) < 4.78 is 0. The maximum atomic E-state index is 11.1. The second-order valence-corrected chi connectivity index (χ2v) is 3.83. The van der Waals surface area contributed by atoms with Gasteiger partial charge in [0.05, 0.1) is 12.6 Å². The summed E-state index contributed by atoms with van der Waals surface area (Å²) in [5.74, 6) is -0.146.